The zero-order chi connectivity index (χ0) is 17.0. The molecular weight excluding hydrogens is 311 g/mol. The lowest BCUT2D eigenvalue weighted by molar-refractivity contribution is 0.236. The van der Waals surface area contributed by atoms with E-state index in [0.29, 0.717) is 23.7 Å². The smallest absolute Gasteiger partial charge is 0.229 e. The summed E-state index contributed by atoms with van der Waals surface area (Å²) in [4.78, 5) is 9.66. The number of rotatable bonds is 8. The van der Waals surface area contributed by atoms with Crippen LogP contribution in [0.15, 0.2) is 11.3 Å². The van der Waals surface area contributed by atoms with Crippen molar-refractivity contribution in [3.63, 3.8) is 0 Å². The van der Waals surface area contributed by atoms with Crippen LogP contribution in [0.4, 0.5) is 0 Å². The highest BCUT2D eigenvalue weighted by molar-refractivity contribution is 7.57. The minimum Gasteiger partial charge on any atom is -0.550 e. The van der Waals surface area contributed by atoms with Crippen LogP contribution in [-0.2, 0) is 8.99 Å². The molecule has 0 heterocycles. The van der Waals surface area contributed by atoms with E-state index in [0.717, 1.165) is 32.1 Å². The molecule has 22 heavy (non-hydrogen) atoms. The van der Waals surface area contributed by atoms with Crippen molar-refractivity contribution >= 4 is 16.4 Å². The molecule has 2 atom stereocenters. The van der Waals surface area contributed by atoms with Crippen molar-refractivity contribution < 1.29 is 13.9 Å². The Morgan fingerprint density at radius 3 is 2.41 bits per heavy atom. The van der Waals surface area contributed by atoms with Gasteiger partial charge in [0.2, 0.25) is 9.04 Å². The second kappa shape index (κ2) is 8.17. The van der Waals surface area contributed by atoms with Gasteiger partial charge in [0, 0.05) is 18.7 Å². The predicted molar refractivity (Wildman–Crippen MR) is 98.3 cm³/mol. The first-order valence-electron chi connectivity index (χ1n) is 8.73. The Bertz CT molecular complexity index is 438. The topological polar surface area (TPSA) is 46.5 Å². The first-order chi connectivity index (χ1) is 10.0. The summed E-state index contributed by atoms with van der Waals surface area (Å²) in [6, 6.07) is 0. The third-order valence-electron chi connectivity index (χ3n) is 4.65. The standard InChI is InChI=1S/C17H35O3PSi/c1-7-21(18,19)11-9-8-10-14-12-15(17(2,3)4)13-16(14)20-22(5)6/h15,22H,7-13H2,1-6H3,(H,18,19)/t15-/m1/s1. The molecule has 0 aromatic heterocycles. The number of hydrogen-bond acceptors (Lipinski definition) is 2. The van der Waals surface area contributed by atoms with Crippen molar-refractivity contribution in [3.05, 3.63) is 11.3 Å². The molecule has 0 saturated heterocycles. The second-order valence-electron chi connectivity index (χ2n) is 8.01. The van der Waals surface area contributed by atoms with Crippen molar-refractivity contribution in [2.24, 2.45) is 11.3 Å². The maximum Gasteiger partial charge on any atom is 0.229 e. The van der Waals surface area contributed by atoms with Crippen LogP contribution >= 0.6 is 7.37 Å². The highest BCUT2D eigenvalue weighted by Gasteiger charge is 2.33. The Kier molecular flexibility index (Phi) is 7.42. The number of hydrogen-bond donors (Lipinski definition) is 1. The first kappa shape index (κ1) is 20.0. The van der Waals surface area contributed by atoms with E-state index < -0.39 is 16.4 Å². The summed E-state index contributed by atoms with van der Waals surface area (Å²) in [5.74, 6) is 1.93. The Morgan fingerprint density at radius 2 is 1.91 bits per heavy atom. The molecule has 1 unspecified atom stereocenters. The van der Waals surface area contributed by atoms with E-state index in [1.165, 1.54) is 11.3 Å². The van der Waals surface area contributed by atoms with Gasteiger partial charge in [0.05, 0.1) is 5.76 Å². The van der Waals surface area contributed by atoms with E-state index in [9.17, 15) is 9.46 Å². The summed E-state index contributed by atoms with van der Waals surface area (Å²) in [6.07, 6.45) is 5.97. The van der Waals surface area contributed by atoms with Gasteiger partial charge in [0.15, 0.2) is 7.37 Å². The largest absolute Gasteiger partial charge is 0.550 e. The molecule has 5 heteroatoms. The fraction of sp³-hybridized carbons (Fsp3) is 0.882. The Labute approximate surface area is 138 Å². The fourth-order valence-corrected chi connectivity index (χ4v) is 4.84. The maximum atomic E-state index is 11.7. The molecule has 1 aliphatic carbocycles. The van der Waals surface area contributed by atoms with Gasteiger partial charge in [0.25, 0.3) is 0 Å². The van der Waals surface area contributed by atoms with Gasteiger partial charge in [-0.2, -0.15) is 0 Å². The summed E-state index contributed by atoms with van der Waals surface area (Å²) in [7, 11) is -3.91. The summed E-state index contributed by atoms with van der Waals surface area (Å²) < 4.78 is 17.9. The van der Waals surface area contributed by atoms with Crippen molar-refractivity contribution in [1.29, 1.82) is 0 Å². The Balaban J connectivity index is 2.57. The third kappa shape index (κ3) is 6.60. The molecular formula is C17H35O3PSi. The van der Waals surface area contributed by atoms with Gasteiger partial charge in [-0.05, 0) is 55.7 Å². The molecule has 0 aromatic carbocycles. The van der Waals surface area contributed by atoms with Gasteiger partial charge in [-0.1, -0.05) is 27.7 Å². The van der Waals surface area contributed by atoms with Crippen molar-refractivity contribution in [2.45, 2.75) is 72.9 Å². The van der Waals surface area contributed by atoms with Crippen molar-refractivity contribution in [1.82, 2.24) is 0 Å². The lowest BCUT2D eigenvalue weighted by Gasteiger charge is -2.27. The van der Waals surface area contributed by atoms with Crippen molar-refractivity contribution in [3.8, 4) is 0 Å². The average Bonchev–Trinajstić information content (AvgIpc) is 2.77. The van der Waals surface area contributed by atoms with E-state index in [2.05, 4.69) is 33.9 Å². The monoisotopic (exact) mass is 346 g/mol. The molecule has 0 amide bonds. The minimum atomic E-state index is -2.85. The zero-order valence-corrected chi connectivity index (χ0v) is 17.4. The van der Waals surface area contributed by atoms with Crippen LogP contribution in [0.1, 0.15) is 59.8 Å². The van der Waals surface area contributed by atoms with Gasteiger partial charge in [-0.15, -0.1) is 0 Å². The zero-order valence-electron chi connectivity index (χ0n) is 15.3. The van der Waals surface area contributed by atoms with E-state index in [1.807, 2.05) is 0 Å². The van der Waals surface area contributed by atoms with Crippen LogP contribution in [0.3, 0.4) is 0 Å². The van der Waals surface area contributed by atoms with E-state index >= 15 is 0 Å². The highest BCUT2D eigenvalue weighted by Crippen LogP contribution is 2.45. The second-order valence-corrected chi connectivity index (χ2v) is 13.1. The predicted octanol–water partition coefficient (Wildman–Crippen LogP) is 5.16. The molecule has 0 fully saturated rings. The van der Waals surface area contributed by atoms with Crippen LogP contribution in [0.25, 0.3) is 0 Å². The quantitative estimate of drug-likeness (QED) is 0.375. The summed E-state index contributed by atoms with van der Waals surface area (Å²) >= 11 is 0. The SMILES string of the molecule is CCP(=O)(O)CCCCC1=C(O[SiH](C)C)C[C@H](C(C)(C)C)C1. The first-order valence-corrected chi connectivity index (χ1v) is 13.5. The number of allylic oxidation sites excluding steroid dienone is 2. The summed E-state index contributed by atoms with van der Waals surface area (Å²) in [5.41, 5.74) is 1.79. The molecule has 0 aliphatic heterocycles. The molecule has 1 rings (SSSR count). The fourth-order valence-electron chi connectivity index (χ4n) is 2.98. The highest BCUT2D eigenvalue weighted by atomic mass is 31.2. The maximum absolute atomic E-state index is 11.7. The molecule has 0 spiro atoms. The van der Waals surface area contributed by atoms with Gasteiger partial charge < -0.3 is 9.32 Å². The van der Waals surface area contributed by atoms with E-state index in [-0.39, 0.29) is 0 Å². The Morgan fingerprint density at radius 1 is 1.27 bits per heavy atom. The molecule has 1 N–H and O–H groups in total. The molecule has 0 radical (unpaired) electrons. The van der Waals surface area contributed by atoms with Gasteiger partial charge >= 0.3 is 0 Å². The molecule has 1 aliphatic rings. The molecule has 130 valence electrons. The third-order valence-corrected chi connectivity index (χ3v) is 7.41. The Hall–Kier alpha value is -0.0531. The van der Waals surface area contributed by atoms with Gasteiger partial charge in [-0.3, -0.25) is 4.57 Å². The van der Waals surface area contributed by atoms with E-state index in [1.54, 1.807) is 6.92 Å². The lowest BCUT2D eigenvalue weighted by atomic mass is 9.78. The van der Waals surface area contributed by atoms with Crippen LogP contribution < -0.4 is 0 Å². The normalized spacial score (nSPS) is 22.3. The van der Waals surface area contributed by atoms with E-state index in [4.69, 9.17) is 4.43 Å². The van der Waals surface area contributed by atoms with Gasteiger partial charge in [-0.25, -0.2) is 0 Å². The summed E-state index contributed by atoms with van der Waals surface area (Å²) in [5, 5.41) is 0. The van der Waals surface area contributed by atoms with Gasteiger partial charge in [0.1, 0.15) is 0 Å². The van der Waals surface area contributed by atoms with Crippen LogP contribution in [-0.4, -0.2) is 26.3 Å². The molecule has 0 saturated carbocycles. The van der Waals surface area contributed by atoms with Crippen LogP contribution in [0.5, 0.6) is 0 Å². The average molecular weight is 347 g/mol. The number of unbranched alkanes of at least 4 members (excludes halogenated alkanes) is 1. The van der Waals surface area contributed by atoms with Crippen LogP contribution in [0.2, 0.25) is 13.1 Å². The van der Waals surface area contributed by atoms with Crippen LogP contribution in [0, 0.1) is 11.3 Å². The lowest BCUT2D eigenvalue weighted by Crippen LogP contribution is -2.18. The molecule has 0 aromatic rings. The molecule has 3 nitrogen and oxygen atoms in total. The summed E-state index contributed by atoms with van der Waals surface area (Å²) in [6.45, 7) is 13.2. The molecule has 0 bridgehead atoms. The minimum absolute atomic E-state index is 0.317. The van der Waals surface area contributed by atoms with Crippen molar-refractivity contribution in [2.75, 3.05) is 12.3 Å².